The van der Waals surface area contributed by atoms with Crippen molar-refractivity contribution in [3.8, 4) is 0 Å². The molecular formula is C18H22N2O6S. The number of carboxylic acid groups (broad SMARTS) is 1. The van der Waals surface area contributed by atoms with E-state index < -0.39 is 21.9 Å². The largest absolute Gasteiger partial charge is 0.481 e. The quantitative estimate of drug-likeness (QED) is 0.596. The number of amides is 1. The van der Waals surface area contributed by atoms with Gasteiger partial charge in [-0.1, -0.05) is 13.0 Å². The van der Waals surface area contributed by atoms with Crippen LogP contribution in [-0.2, 0) is 21.4 Å². The van der Waals surface area contributed by atoms with Crippen molar-refractivity contribution in [2.24, 2.45) is 5.92 Å². The van der Waals surface area contributed by atoms with Crippen molar-refractivity contribution < 1.29 is 27.5 Å². The first kappa shape index (κ1) is 20.7. The van der Waals surface area contributed by atoms with E-state index in [1.54, 1.807) is 32.0 Å². The first-order valence-electron chi connectivity index (χ1n) is 8.31. The molecule has 0 aliphatic carbocycles. The van der Waals surface area contributed by atoms with Gasteiger partial charge < -0.3 is 14.8 Å². The monoisotopic (exact) mass is 394 g/mol. The normalized spacial score (nSPS) is 12.5. The van der Waals surface area contributed by atoms with Crippen LogP contribution in [0.15, 0.2) is 45.9 Å². The van der Waals surface area contributed by atoms with Crippen molar-refractivity contribution in [1.29, 1.82) is 0 Å². The molecular weight excluding hydrogens is 372 g/mol. The number of carbonyl (C=O) groups excluding carboxylic acids is 1. The lowest BCUT2D eigenvalue weighted by Gasteiger charge is -2.13. The molecule has 0 fully saturated rings. The molecule has 2 rings (SSSR count). The number of nitrogens with one attached hydrogen (secondary N) is 2. The molecule has 1 aromatic carbocycles. The van der Waals surface area contributed by atoms with Crippen LogP contribution in [0.4, 0.5) is 0 Å². The summed E-state index contributed by atoms with van der Waals surface area (Å²) in [5.41, 5.74) is 0.835. The van der Waals surface area contributed by atoms with Gasteiger partial charge in [0.2, 0.25) is 10.0 Å². The molecule has 1 atom stereocenters. The molecule has 0 aliphatic heterocycles. The van der Waals surface area contributed by atoms with Crippen LogP contribution in [0.1, 0.15) is 35.0 Å². The molecule has 8 nitrogen and oxygen atoms in total. The summed E-state index contributed by atoms with van der Waals surface area (Å²) in [6.45, 7) is 3.58. The smallest absolute Gasteiger partial charge is 0.303 e. The van der Waals surface area contributed by atoms with Gasteiger partial charge in [-0.25, -0.2) is 13.1 Å². The van der Waals surface area contributed by atoms with Crippen LogP contribution in [0, 0.1) is 12.8 Å². The molecule has 146 valence electrons. The van der Waals surface area contributed by atoms with Gasteiger partial charge in [0.1, 0.15) is 5.76 Å². The minimum absolute atomic E-state index is 0.00254. The van der Waals surface area contributed by atoms with Gasteiger partial charge in [0, 0.05) is 18.5 Å². The average Bonchev–Trinajstić information content (AvgIpc) is 3.11. The number of aliphatic carboxylic acids is 1. The average molecular weight is 394 g/mol. The fourth-order valence-electron chi connectivity index (χ4n) is 2.41. The van der Waals surface area contributed by atoms with Crippen molar-refractivity contribution in [2.45, 2.75) is 31.7 Å². The SMILES string of the molecule is Cc1ccc(S(=O)(=O)NCc2ccco2)cc1C(=O)NCC(C)CC(=O)O. The molecule has 1 aromatic heterocycles. The van der Waals surface area contributed by atoms with E-state index in [0.29, 0.717) is 11.3 Å². The molecule has 1 heterocycles. The van der Waals surface area contributed by atoms with Gasteiger partial charge in [-0.05, 0) is 42.7 Å². The standard InChI is InChI=1S/C18H22N2O6S/c1-12(8-17(21)22)10-19-18(23)16-9-15(6-5-13(16)2)27(24,25)20-11-14-4-3-7-26-14/h3-7,9,12,20H,8,10-11H2,1-2H3,(H,19,23)(H,21,22). The summed E-state index contributed by atoms with van der Waals surface area (Å²) in [4.78, 5) is 23.0. The van der Waals surface area contributed by atoms with Gasteiger partial charge in [-0.3, -0.25) is 9.59 Å². The molecule has 0 radical (unpaired) electrons. The molecule has 1 amide bonds. The van der Waals surface area contributed by atoms with Crippen LogP contribution >= 0.6 is 0 Å². The van der Waals surface area contributed by atoms with Gasteiger partial charge in [-0.15, -0.1) is 0 Å². The van der Waals surface area contributed by atoms with E-state index in [4.69, 9.17) is 9.52 Å². The molecule has 0 bridgehead atoms. The van der Waals surface area contributed by atoms with Crippen LogP contribution < -0.4 is 10.0 Å². The number of furan rings is 1. The highest BCUT2D eigenvalue weighted by Crippen LogP contribution is 2.16. The Hall–Kier alpha value is -2.65. The zero-order valence-corrected chi connectivity index (χ0v) is 15.9. The zero-order valence-electron chi connectivity index (χ0n) is 15.1. The van der Waals surface area contributed by atoms with Crippen molar-refractivity contribution in [3.05, 3.63) is 53.5 Å². The van der Waals surface area contributed by atoms with E-state index in [1.807, 2.05) is 0 Å². The molecule has 9 heteroatoms. The number of hydrogen-bond acceptors (Lipinski definition) is 5. The van der Waals surface area contributed by atoms with Gasteiger partial charge in [0.05, 0.1) is 17.7 Å². The second-order valence-electron chi connectivity index (χ2n) is 6.29. The summed E-state index contributed by atoms with van der Waals surface area (Å²) in [6, 6.07) is 7.58. The highest BCUT2D eigenvalue weighted by Gasteiger charge is 2.19. The van der Waals surface area contributed by atoms with Crippen molar-refractivity contribution in [3.63, 3.8) is 0 Å². The number of benzene rings is 1. The highest BCUT2D eigenvalue weighted by molar-refractivity contribution is 7.89. The Morgan fingerprint density at radius 1 is 1.26 bits per heavy atom. The summed E-state index contributed by atoms with van der Waals surface area (Å²) < 4.78 is 32.4. The number of sulfonamides is 1. The Labute approximate surface area is 157 Å². The minimum Gasteiger partial charge on any atom is -0.481 e. The second kappa shape index (κ2) is 8.83. The predicted molar refractivity (Wildman–Crippen MR) is 97.7 cm³/mol. The van der Waals surface area contributed by atoms with E-state index in [-0.39, 0.29) is 35.9 Å². The van der Waals surface area contributed by atoms with Gasteiger partial charge in [0.15, 0.2) is 0 Å². The van der Waals surface area contributed by atoms with Crippen LogP contribution in [-0.4, -0.2) is 31.9 Å². The van der Waals surface area contributed by atoms with Crippen LogP contribution in [0.25, 0.3) is 0 Å². The fourth-order valence-corrected chi connectivity index (χ4v) is 3.43. The maximum atomic E-state index is 12.5. The third-order valence-corrected chi connectivity index (χ3v) is 5.31. The summed E-state index contributed by atoms with van der Waals surface area (Å²) in [5.74, 6) is -1.17. The Morgan fingerprint density at radius 2 is 2.00 bits per heavy atom. The maximum absolute atomic E-state index is 12.5. The van der Waals surface area contributed by atoms with Crippen molar-refractivity contribution in [2.75, 3.05) is 6.54 Å². The van der Waals surface area contributed by atoms with E-state index in [2.05, 4.69) is 10.0 Å². The molecule has 3 N–H and O–H groups in total. The molecule has 2 aromatic rings. The number of hydrogen-bond donors (Lipinski definition) is 3. The molecule has 0 spiro atoms. The van der Waals surface area contributed by atoms with Crippen LogP contribution in [0.5, 0.6) is 0 Å². The molecule has 1 unspecified atom stereocenters. The number of rotatable bonds is 9. The second-order valence-corrected chi connectivity index (χ2v) is 8.06. The Morgan fingerprint density at radius 3 is 2.63 bits per heavy atom. The molecule has 27 heavy (non-hydrogen) atoms. The molecule has 0 saturated heterocycles. The summed E-state index contributed by atoms with van der Waals surface area (Å²) in [7, 11) is -3.82. The number of aryl methyl sites for hydroxylation is 1. The lowest BCUT2D eigenvalue weighted by Crippen LogP contribution is -2.30. The lowest BCUT2D eigenvalue weighted by atomic mass is 10.1. The zero-order chi connectivity index (χ0) is 20.0. The fraction of sp³-hybridized carbons (Fsp3) is 0.333. The number of carboxylic acids is 1. The predicted octanol–water partition coefficient (Wildman–Crippen LogP) is 1.91. The first-order chi connectivity index (χ1) is 12.7. The number of carbonyl (C=O) groups is 2. The van der Waals surface area contributed by atoms with Crippen molar-refractivity contribution in [1.82, 2.24) is 10.0 Å². The lowest BCUT2D eigenvalue weighted by molar-refractivity contribution is -0.137. The first-order valence-corrected chi connectivity index (χ1v) is 9.80. The molecule has 0 aliphatic rings. The van der Waals surface area contributed by atoms with E-state index in [9.17, 15) is 18.0 Å². The summed E-state index contributed by atoms with van der Waals surface area (Å²) >= 11 is 0. The summed E-state index contributed by atoms with van der Waals surface area (Å²) in [6.07, 6.45) is 1.38. The third-order valence-electron chi connectivity index (χ3n) is 3.91. The van der Waals surface area contributed by atoms with Gasteiger partial charge in [-0.2, -0.15) is 0 Å². The van der Waals surface area contributed by atoms with E-state index in [1.165, 1.54) is 18.4 Å². The van der Waals surface area contributed by atoms with Crippen molar-refractivity contribution >= 4 is 21.9 Å². The topological polar surface area (TPSA) is 126 Å². The van der Waals surface area contributed by atoms with Crippen LogP contribution in [0.3, 0.4) is 0 Å². The highest BCUT2D eigenvalue weighted by atomic mass is 32.2. The summed E-state index contributed by atoms with van der Waals surface area (Å²) in [5, 5.41) is 11.4. The van der Waals surface area contributed by atoms with Gasteiger partial charge in [0.25, 0.3) is 5.91 Å². The third kappa shape index (κ3) is 5.93. The van der Waals surface area contributed by atoms with E-state index >= 15 is 0 Å². The van der Waals surface area contributed by atoms with E-state index in [0.717, 1.165) is 0 Å². The van der Waals surface area contributed by atoms with Gasteiger partial charge >= 0.3 is 5.97 Å². The Kier molecular flexibility index (Phi) is 6.75. The molecule has 0 saturated carbocycles. The Balaban J connectivity index is 2.10. The minimum atomic E-state index is -3.82. The van der Waals surface area contributed by atoms with Crippen LogP contribution in [0.2, 0.25) is 0 Å². The maximum Gasteiger partial charge on any atom is 0.303 e. The Bertz CT molecular complexity index is 906.